The van der Waals surface area contributed by atoms with Crippen molar-refractivity contribution in [3.8, 4) is 0 Å². The summed E-state index contributed by atoms with van der Waals surface area (Å²) in [5.41, 5.74) is -0.523. The molecule has 0 amide bonds. The highest BCUT2D eigenvalue weighted by Gasteiger charge is 2.73. The van der Waals surface area contributed by atoms with E-state index >= 15 is 0 Å². The lowest BCUT2D eigenvalue weighted by Crippen LogP contribution is -2.64. The molecule has 0 aromatic heterocycles. The minimum Gasteiger partial charge on any atom is -0.393 e. The van der Waals surface area contributed by atoms with Gasteiger partial charge in [0.25, 0.3) is 0 Å². The Morgan fingerprint density at radius 2 is 1.78 bits per heavy atom. The molecule has 2 saturated heterocycles. The number of aliphatic hydroxyl groups is 2. The van der Waals surface area contributed by atoms with E-state index in [1.165, 1.54) is 0 Å². The monoisotopic (exact) mass is 446 g/mol. The Morgan fingerprint density at radius 3 is 2.50 bits per heavy atom. The summed E-state index contributed by atoms with van der Waals surface area (Å²) >= 11 is 0. The maximum absolute atomic E-state index is 14.0. The van der Waals surface area contributed by atoms with Gasteiger partial charge >= 0.3 is 0 Å². The largest absolute Gasteiger partial charge is 0.393 e. The second-order valence-corrected chi connectivity index (χ2v) is 13.1. The Morgan fingerprint density at radius 1 is 1.00 bits per heavy atom. The molecule has 4 aliphatic carbocycles. The van der Waals surface area contributed by atoms with Crippen LogP contribution in [0.25, 0.3) is 0 Å². The summed E-state index contributed by atoms with van der Waals surface area (Å²) in [5, 5.41) is 22.0. The number of carbonyl (C=O) groups excluding carboxylic acids is 1. The van der Waals surface area contributed by atoms with Crippen LogP contribution in [0, 0.1) is 52.3 Å². The zero-order valence-electron chi connectivity index (χ0n) is 20.3. The third kappa shape index (κ3) is 2.63. The SMILES string of the molecule is C[C@@H]1CC[C@@]2(OC1)O[C@@H]1C[C@@H]3[C@@H]4CC[C@H]5C[C@@H](O)CC[C@]5(C)[C@H]4C(=O)[C@@H](O)[C@]3(C)[C@H]1[C@@H]2C. The minimum absolute atomic E-state index is 0.0725. The first-order chi connectivity index (χ1) is 15.1. The summed E-state index contributed by atoms with van der Waals surface area (Å²) in [4.78, 5) is 14.0. The molecule has 32 heavy (non-hydrogen) atoms. The number of rotatable bonds is 0. The quantitative estimate of drug-likeness (QED) is 0.589. The van der Waals surface area contributed by atoms with E-state index in [9.17, 15) is 15.0 Å². The molecule has 2 aliphatic heterocycles. The summed E-state index contributed by atoms with van der Waals surface area (Å²) in [6.45, 7) is 9.70. The third-order valence-electron chi connectivity index (χ3n) is 11.8. The number of ketones is 1. The molecular formula is C27H42O5. The lowest BCUT2D eigenvalue weighted by Gasteiger charge is -2.61. The van der Waals surface area contributed by atoms with Gasteiger partial charge in [-0.25, -0.2) is 0 Å². The third-order valence-corrected chi connectivity index (χ3v) is 11.8. The number of Topliss-reactive ketones (excluding diaryl/α,β-unsaturated/α-hetero) is 1. The lowest BCUT2D eigenvalue weighted by molar-refractivity contribution is -0.273. The molecule has 6 aliphatic rings. The Balaban J connectivity index is 1.34. The minimum atomic E-state index is -0.921. The van der Waals surface area contributed by atoms with E-state index < -0.39 is 17.3 Å². The number of hydrogen-bond donors (Lipinski definition) is 2. The van der Waals surface area contributed by atoms with Crippen molar-refractivity contribution in [1.29, 1.82) is 0 Å². The van der Waals surface area contributed by atoms with Crippen molar-refractivity contribution in [2.45, 2.75) is 103 Å². The molecule has 4 saturated carbocycles. The van der Waals surface area contributed by atoms with Gasteiger partial charge in [-0.1, -0.05) is 27.7 Å². The van der Waals surface area contributed by atoms with E-state index in [1.54, 1.807) is 0 Å². The van der Waals surface area contributed by atoms with Crippen molar-refractivity contribution in [1.82, 2.24) is 0 Å². The van der Waals surface area contributed by atoms with Gasteiger partial charge in [-0.3, -0.25) is 4.79 Å². The zero-order chi connectivity index (χ0) is 22.6. The summed E-state index contributed by atoms with van der Waals surface area (Å²) < 4.78 is 13.1. The molecule has 0 bridgehead atoms. The number of fused-ring (bicyclic) bond motifs is 7. The van der Waals surface area contributed by atoms with E-state index in [4.69, 9.17) is 9.47 Å². The second-order valence-electron chi connectivity index (χ2n) is 13.1. The van der Waals surface area contributed by atoms with Crippen molar-refractivity contribution in [2.24, 2.45) is 52.3 Å². The Kier molecular flexibility index (Phi) is 4.83. The maximum Gasteiger partial charge on any atom is 0.171 e. The standard InChI is InChI=1S/C27H42O5/c1-14-7-10-27(31-13-14)15(2)21-20(32-27)12-19-18-6-5-16-11-17(28)8-9-25(16,3)22(18)23(29)24(30)26(19,21)4/h14-22,24,28,30H,5-13H2,1-4H3/t14-,15+,16+,17+,18+,19-,20-,21+,22-,24-,25+,26+,27-/m1/s1. The van der Waals surface area contributed by atoms with Gasteiger partial charge in [-0.15, -0.1) is 0 Å². The van der Waals surface area contributed by atoms with Gasteiger partial charge in [0.15, 0.2) is 11.6 Å². The average Bonchev–Trinajstić information content (AvgIpc) is 3.20. The normalized spacial score (nSPS) is 61.8. The second kappa shape index (κ2) is 7.02. The van der Waals surface area contributed by atoms with Gasteiger partial charge in [0.05, 0.1) is 18.8 Å². The number of carbonyl (C=O) groups is 1. The molecule has 5 nitrogen and oxygen atoms in total. The highest BCUT2D eigenvalue weighted by atomic mass is 16.7. The van der Waals surface area contributed by atoms with E-state index in [-0.39, 0.29) is 41.2 Å². The van der Waals surface area contributed by atoms with Crippen LogP contribution < -0.4 is 0 Å². The summed E-state index contributed by atoms with van der Waals surface area (Å²) in [6, 6.07) is 0. The summed E-state index contributed by atoms with van der Waals surface area (Å²) in [7, 11) is 0. The first-order valence-electron chi connectivity index (χ1n) is 13.3. The predicted molar refractivity (Wildman–Crippen MR) is 120 cm³/mol. The van der Waals surface area contributed by atoms with Gasteiger partial charge in [-0.2, -0.15) is 0 Å². The fourth-order valence-corrected chi connectivity index (χ4v) is 10.0. The Hall–Kier alpha value is -0.490. The van der Waals surface area contributed by atoms with Crippen molar-refractivity contribution >= 4 is 5.78 Å². The van der Waals surface area contributed by atoms with Crippen molar-refractivity contribution in [2.75, 3.05) is 6.61 Å². The topological polar surface area (TPSA) is 76.0 Å². The Bertz CT molecular complexity index is 789. The predicted octanol–water partition coefficient (Wildman–Crippen LogP) is 3.94. The van der Waals surface area contributed by atoms with Crippen LogP contribution in [-0.4, -0.2) is 46.7 Å². The first-order valence-corrected chi connectivity index (χ1v) is 13.3. The molecule has 13 atom stereocenters. The van der Waals surface area contributed by atoms with Crippen LogP contribution >= 0.6 is 0 Å². The van der Waals surface area contributed by atoms with E-state index in [2.05, 4.69) is 27.7 Å². The zero-order valence-corrected chi connectivity index (χ0v) is 20.3. The van der Waals surface area contributed by atoms with Crippen molar-refractivity contribution in [3.63, 3.8) is 0 Å². The molecule has 2 N–H and O–H groups in total. The van der Waals surface area contributed by atoms with Crippen molar-refractivity contribution < 1.29 is 24.5 Å². The van der Waals surface area contributed by atoms with E-state index in [1.807, 2.05) is 0 Å². The molecular weight excluding hydrogens is 404 g/mol. The first kappa shape index (κ1) is 22.0. The molecule has 6 fully saturated rings. The van der Waals surface area contributed by atoms with Crippen LogP contribution in [0.4, 0.5) is 0 Å². The van der Waals surface area contributed by atoms with Crippen LogP contribution in [0.2, 0.25) is 0 Å². The highest BCUT2D eigenvalue weighted by Crippen LogP contribution is 2.70. The van der Waals surface area contributed by atoms with Crippen LogP contribution in [0.15, 0.2) is 0 Å². The molecule has 2 heterocycles. The van der Waals surface area contributed by atoms with Crippen LogP contribution in [0.1, 0.15) is 79.1 Å². The smallest absolute Gasteiger partial charge is 0.171 e. The van der Waals surface area contributed by atoms with Gasteiger partial charge in [0.2, 0.25) is 0 Å². The van der Waals surface area contributed by atoms with Gasteiger partial charge in [-0.05, 0) is 74.0 Å². The maximum atomic E-state index is 14.0. The van der Waals surface area contributed by atoms with E-state index in [0.717, 1.165) is 58.0 Å². The van der Waals surface area contributed by atoms with Crippen molar-refractivity contribution in [3.05, 3.63) is 0 Å². The molecule has 0 aromatic carbocycles. The number of aliphatic hydroxyl groups excluding tert-OH is 2. The molecule has 5 heteroatoms. The fourth-order valence-electron chi connectivity index (χ4n) is 10.0. The van der Waals surface area contributed by atoms with Gasteiger partial charge in [0.1, 0.15) is 6.10 Å². The molecule has 1 spiro atoms. The molecule has 0 aromatic rings. The highest BCUT2D eigenvalue weighted by molar-refractivity contribution is 5.88. The Labute approximate surface area is 192 Å². The summed E-state index contributed by atoms with van der Waals surface area (Å²) in [5.74, 6) is 1.45. The molecule has 180 valence electrons. The van der Waals surface area contributed by atoms with E-state index in [0.29, 0.717) is 23.7 Å². The van der Waals surface area contributed by atoms with Crippen LogP contribution in [0.5, 0.6) is 0 Å². The molecule has 6 rings (SSSR count). The number of hydrogen-bond acceptors (Lipinski definition) is 5. The number of ether oxygens (including phenoxy) is 2. The van der Waals surface area contributed by atoms with Crippen LogP contribution in [0.3, 0.4) is 0 Å². The molecule has 0 radical (unpaired) electrons. The van der Waals surface area contributed by atoms with Gasteiger partial charge in [0, 0.05) is 29.6 Å². The average molecular weight is 447 g/mol. The van der Waals surface area contributed by atoms with Crippen LogP contribution in [-0.2, 0) is 14.3 Å². The molecule has 0 unspecified atom stereocenters. The fraction of sp³-hybridized carbons (Fsp3) is 0.963. The van der Waals surface area contributed by atoms with Gasteiger partial charge < -0.3 is 19.7 Å². The summed E-state index contributed by atoms with van der Waals surface area (Å²) in [6.07, 6.45) is 6.54. The lowest BCUT2D eigenvalue weighted by atomic mass is 9.43.